The van der Waals surface area contributed by atoms with Crippen molar-refractivity contribution in [3.63, 3.8) is 0 Å². The smallest absolute Gasteiger partial charge is 0.330 e. The van der Waals surface area contributed by atoms with Crippen molar-refractivity contribution < 1.29 is 28.8 Å². The van der Waals surface area contributed by atoms with Crippen LogP contribution in [0.2, 0.25) is 0 Å². The molecule has 3 aromatic carbocycles. The first-order chi connectivity index (χ1) is 17.0. The topological polar surface area (TPSA) is 86.2 Å². The Morgan fingerprint density at radius 1 is 0.914 bits per heavy atom. The molecule has 7 nitrogen and oxygen atoms in total. The summed E-state index contributed by atoms with van der Waals surface area (Å²) in [6.07, 6.45) is 1.93. The number of methoxy groups -OCH3 is 4. The Labute approximate surface area is 209 Å². The Balaban J connectivity index is 1.76. The van der Waals surface area contributed by atoms with E-state index < -0.39 is 12.0 Å². The molecule has 0 aliphatic heterocycles. The van der Waals surface area contributed by atoms with E-state index >= 15 is 0 Å². The summed E-state index contributed by atoms with van der Waals surface area (Å²) in [6.45, 7) is 0. The molecule has 0 amide bonds. The molecule has 0 bridgehead atoms. The van der Waals surface area contributed by atoms with Gasteiger partial charge in [-0.2, -0.15) is 0 Å². The lowest BCUT2D eigenvalue weighted by atomic mass is 10.1. The highest BCUT2D eigenvalue weighted by molar-refractivity contribution is 8.01. The maximum atomic E-state index is 11.9. The SMILES string of the molecule is COc1cc(OC)c(C=CSCc2ccc(OC)c(NC(C(=O)O)c3ccccc3)c2)c(OC)c1. The molecule has 0 aliphatic rings. The van der Waals surface area contributed by atoms with Crippen molar-refractivity contribution in [3.05, 3.63) is 82.8 Å². The van der Waals surface area contributed by atoms with Crippen LogP contribution < -0.4 is 24.3 Å². The lowest BCUT2D eigenvalue weighted by Gasteiger charge is -2.19. The Kier molecular flexibility index (Phi) is 9.31. The summed E-state index contributed by atoms with van der Waals surface area (Å²) < 4.78 is 21.7. The van der Waals surface area contributed by atoms with E-state index in [0.29, 0.717) is 40.0 Å². The summed E-state index contributed by atoms with van der Waals surface area (Å²) in [6, 6.07) is 17.5. The van der Waals surface area contributed by atoms with Gasteiger partial charge in [0.2, 0.25) is 0 Å². The number of carbonyl (C=O) groups is 1. The van der Waals surface area contributed by atoms with Crippen molar-refractivity contribution in [1.82, 2.24) is 0 Å². The van der Waals surface area contributed by atoms with Crippen LogP contribution in [-0.2, 0) is 10.5 Å². The van der Waals surface area contributed by atoms with Gasteiger partial charge in [0.25, 0.3) is 0 Å². The molecule has 0 heterocycles. The molecule has 0 aliphatic carbocycles. The van der Waals surface area contributed by atoms with E-state index in [4.69, 9.17) is 18.9 Å². The number of carboxylic acid groups (broad SMARTS) is 1. The van der Waals surface area contributed by atoms with Gasteiger partial charge < -0.3 is 29.4 Å². The lowest BCUT2D eigenvalue weighted by molar-refractivity contribution is -0.138. The van der Waals surface area contributed by atoms with E-state index in [9.17, 15) is 9.90 Å². The quantitative estimate of drug-likeness (QED) is 0.323. The minimum atomic E-state index is -0.969. The second-order valence-electron chi connectivity index (χ2n) is 7.42. The molecule has 0 radical (unpaired) electrons. The molecular weight excluding hydrogens is 466 g/mol. The number of rotatable bonds is 12. The standard InChI is InChI=1S/C27H29NO6S/c1-31-20-15-24(33-3)21(25(16-20)34-4)12-13-35-17-18-10-11-23(32-2)22(14-18)28-26(27(29)30)19-8-6-5-7-9-19/h5-16,26,28H,17H2,1-4H3,(H,29,30). The van der Waals surface area contributed by atoms with Gasteiger partial charge in [0.05, 0.1) is 39.7 Å². The highest BCUT2D eigenvalue weighted by atomic mass is 32.2. The highest BCUT2D eigenvalue weighted by Crippen LogP contribution is 2.36. The van der Waals surface area contributed by atoms with Crippen LogP contribution in [0.15, 0.2) is 66.1 Å². The summed E-state index contributed by atoms with van der Waals surface area (Å²) in [5, 5.41) is 14.9. The molecule has 1 atom stereocenters. The van der Waals surface area contributed by atoms with E-state index in [-0.39, 0.29) is 0 Å². The van der Waals surface area contributed by atoms with Gasteiger partial charge in [-0.25, -0.2) is 4.79 Å². The molecule has 1 unspecified atom stereocenters. The van der Waals surface area contributed by atoms with E-state index in [1.807, 2.05) is 47.9 Å². The van der Waals surface area contributed by atoms with E-state index in [1.54, 1.807) is 64.5 Å². The van der Waals surface area contributed by atoms with Crippen molar-refractivity contribution in [3.8, 4) is 23.0 Å². The van der Waals surface area contributed by atoms with Crippen molar-refractivity contribution in [2.24, 2.45) is 0 Å². The van der Waals surface area contributed by atoms with E-state index in [0.717, 1.165) is 11.1 Å². The number of aliphatic carboxylic acids is 1. The van der Waals surface area contributed by atoms with Crippen LogP contribution in [0.1, 0.15) is 22.7 Å². The monoisotopic (exact) mass is 495 g/mol. The van der Waals surface area contributed by atoms with Crippen LogP contribution in [-0.4, -0.2) is 39.5 Å². The molecular formula is C27H29NO6S. The number of thioether (sulfide) groups is 1. The first-order valence-electron chi connectivity index (χ1n) is 10.8. The molecule has 3 rings (SSSR count). The molecule has 184 valence electrons. The lowest BCUT2D eigenvalue weighted by Crippen LogP contribution is -2.20. The van der Waals surface area contributed by atoms with Gasteiger partial charge in [-0.05, 0) is 34.7 Å². The summed E-state index contributed by atoms with van der Waals surface area (Å²) in [5.74, 6) is 2.22. The fourth-order valence-electron chi connectivity index (χ4n) is 3.50. The minimum absolute atomic E-state index is 0.573. The van der Waals surface area contributed by atoms with Gasteiger partial charge >= 0.3 is 5.97 Å². The first kappa shape index (κ1) is 25.8. The number of carboxylic acids is 1. The van der Waals surface area contributed by atoms with Crippen molar-refractivity contribution in [2.75, 3.05) is 33.8 Å². The zero-order valence-electron chi connectivity index (χ0n) is 20.1. The van der Waals surface area contributed by atoms with E-state index in [1.165, 1.54) is 0 Å². The molecule has 35 heavy (non-hydrogen) atoms. The zero-order chi connectivity index (χ0) is 25.2. The van der Waals surface area contributed by atoms with Crippen LogP contribution >= 0.6 is 11.8 Å². The first-order valence-corrected chi connectivity index (χ1v) is 11.8. The number of ether oxygens (including phenoxy) is 4. The van der Waals surface area contributed by atoms with Crippen LogP contribution in [0.3, 0.4) is 0 Å². The molecule has 8 heteroatoms. The van der Waals surface area contributed by atoms with Gasteiger partial charge in [-0.1, -0.05) is 36.4 Å². The zero-order valence-corrected chi connectivity index (χ0v) is 20.9. The van der Waals surface area contributed by atoms with Crippen LogP contribution in [0.5, 0.6) is 23.0 Å². The van der Waals surface area contributed by atoms with Gasteiger partial charge in [0.1, 0.15) is 23.0 Å². The molecule has 0 spiro atoms. The molecule has 0 fully saturated rings. The Bertz CT molecular complexity index is 1140. The average molecular weight is 496 g/mol. The van der Waals surface area contributed by atoms with Crippen LogP contribution in [0.4, 0.5) is 5.69 Å². The predicted molar refractivity (Wildman–Crippen MR) is 140 cm³/mol. The van der Waals surface area contributed by atoms with E-state index in [2.05, 4.69) is 5.32 Å². The van der Waals surface area contributed by atoms with Crippen molar-refractivity contribution >= 4 is 29.5 Å². The van der Waals surface area contributed by atoms with Gasteiger partial charge in [0.15, 0.2) is 6.04 Å². The third-order valence-corrected chi connectivity index (χ3v) is 6.11. The van der Waals surface area contributed by atoms with Crippen LogP contribution in [0.25, 0.3) is 6.08 Å². The molecule has 0 aromatic heterocycles. The number of nitrogens with one attached hydrogen (secondary N) is 1. The van der Waals surface area contributed by atoms with Gasteiger partial charge in [-0.3, -0.25) is 0 Å². The summed E-state index contributed by atoms with van der Waals surface area (Å²) in [7, 11) is 6.36. The average Bonchev–Trinajstić information content (AvgIpc) is 2.89. The Morgan fingerprint density at radius 2 is 1.57 bits per heavy atom. The fraction of sp³-hybridized carbons (Fsp3) is 0.222. The minimum Gasteiger partial charge on any atom is -0.496 e. The second-order valence-corrected chi connectivity index (χ2v) is 8.31. The number of hydrogen-bond donors (Lipinski definition) is 2. The molecule has 0 saturated carbocycles. The Morgan fingerprint density at radius 3 is 2.14 bits per heavy atom. The Hall–Kier alpha value is -3.78. The highest BCUT2D eigenvalue weighted by Gasteiger charge is 2.21. The molecule has 3 aromatic rings. The normalized spacial score (nSPS) is 11.7. The summed E-state index contributed by atoms with van der Waals surface area (Å²) >= 11 is 1.59. The predicted octanol–water partition coefficient (Wildman–Crippen LogP) is 5.86. The maximum absolute atomic E-state index is 11.9. The van der Waals surface area contributed by atoms with Crippen molar-refractivity contribution in [1.29, 1.82) is 0 Å². The third-order valence-electron chi connectivity index (χ3n) is 5.28. The second kappa shape index (κ2) is 12.6. The number of hydrogen-bond acceptors (Lipinski definition) is 7. The summed E-state index contributed by atoms with van der Waals surface area (Å²) in [4.78, 5) is 11.9. The maximum Gasteiger partial charge on any atom is 0.330 e. The van der Waals surface area contributed by atoms with Crippen molar-refractivity contribution in [2.45, 2.75) is 11.8 Å². The summed E-state index contributed by atoms with van der Waals surface area (Å²) in [5.41, 5.74) is 3.10. The largest absolute Gasteiger partial charge is 0.496 e. The molecule has 2 N–H and O–H groups in total. The molecule has 0 saturated heterocycles. The van der Waals surface area contributed by atoms with Crippen LogP contribution in [0, 0.1) is 0 Å². The number of anilines is 1. The van der Waals surface area contributed by atoms with Gasteiger partial charge in [-0.15, -0.1) is 11.8 Å². The number of benzene rings is 3. The fourth-order valence-corrected chi connectivity index (χ4v) is 4.20. The third kappa shape index (κ3) is 6.64. The van der Waals surface area contributed by atoms with Gasteiger partial charge in [0, 0.05) is 17.9 Å².